The van der Waals surface area contributed by atoms with Crippen LogP contribution in [0.15, 0.2) is 42.4 Å². The average molecular weight is 1370 g/mol. The molecule has 8 amide bonds. The molecule has 4 fully saturated rings. The molecular formula is C60H90N8O20S4. The summed E-state index contributed by atoms with van der Waals surface area (Å²) in [5.74, 6) is -5.65. The molecule has 514 valence electrons. The number of nitrogens with one attached hydrogen (secondary N) is 4. The molecule has 28 nitrogen and oxygen atoms in total. The van der Waals surface area contributed by atoms with E-state index in [9.17, 15) is 98.4 Å². The molecule has 0 unspecified atom stereocenters. The van der Waals surface area contributed by atoms with E-state index in [0.29, 0.717) is 72.3 Å². The van der Waals surface area contributed by atoms with Gasteiger partial charge in [0.25, 0.3) is 0 Å². The first-order chi connectivity index (χ1) is 42.7. The third-order valence-electron chi connectivity index (χ3n) is 16.8. The lowest BCUT2D eigenvalue weighted by molar-refractivity contribution is -0.161. The summed E-state index contributed by atoms with van der Waals surface area (Å²) in [5, 5.41) is 86.8. The molecule has 0 aromatic carbocycles. The number of aliphatic carboxylic acids is 4. The topological polar surface area (TPSA) is 428 Å². The van der Waals surface area contributed by atoms with Gasteiger partial charge < -0.3 is 81.7 Å². The van der Waals surface area contributed by atoms with Gasteiger partial charge in [0.2, 0.25) is 47.3 Å². The van der Waals surface area contributed by atoms with Gasteiger partial charge in [-0.2, -0.15) is 0 Å². The first kappa shape index (κ1) is 78.3. The minimum absolute atomic E-state index is 0. The van der Waals surface area contributed by atoms with Crippen LogP contribution in [0.2, 0.25) is 0 Å². The summed E-state index contributed by atoms with van der Waals surface area (Å²) in [5.41, 5.74) is -0.305. The molecule has 8 aliphatic heterocycles. The van der Waals surface area contributed by atoms with Gasteiger partial charge >= 0.3 is 23.9 Å². The number of aliphatic hydroxyl groups is 4. The highest BCUT2D eigenvalue weighted by Gasteiger charge is 2.59. The highest BCUT2D eigenvalue weighted by atomic mass is 32.2. The number of nitrogens with zero attached hydrogens (tertiary/aromatic N) is 4. The number of aliphatic hydroxyl groups excluding tert-OH is 4. The molecule has 12 N–H and O–H groups in total. The van der Waals surface area contributed by atoms with Crippen LogP contribution in [0, 0.1) is 29.1 Å². The average Bonchev–Trinajstić information content (AvgIpc) is 1.59. The molecule has 8 aliphatic rings. The number of carboxylic acid groups (broad SMARTS) is 4. The van der Waals surface area contributed by atoms with E-state index in [-0.39, 0.29) is 121 Å². The van der Waals surface area contributed by atoms with E-state index < -0.39 is 77.4 Å². The largest absolute Gasteiger partial charge is 0.477 e. The maximum Gasteiger partial charge on any atom is 0.353 e. The van der Waals surface area contributed by atoms with Gasteiger partial charge in [-0.1, -0.05) is 42.0 Å². The second kappa shape index (κ2) is 34.3. The summed E-state index contributed by atoms with van der Waals surface area (Å²) in [6.45, 7) is 18.3. The van der Waals surface area contributed by atoms with E-state index in [1.807, 2.05) is 20.8 Å². The van der Waals surface area contributed by atoms with Gasteiger partial charge in [-0.15, -0.1) is 47.0 Å². The number of thioether (sulfide) groups is 4. The smallest absolute Gasteiger partial charge is 0.353 e. The highest BCUT2D eigenvalue weighted by Crippen LogP contribution is 2.50. The van der Waals surface area contributed by atoms with Crippen LogP contribution in [0.5, 0.6) is 0 Å². The summed E-state index contributed by atoms with van der Waals surface area (Å²) in [6.07, 6.45) is 0.920. The van der Waals surface area contributed by atoms with Crippen molar-refractivity contribution < 1.29 is 98.4 Å². The molecular weight excluding hydrogens is 1280 g/mol. The number of fused-ring (bicyclic) bond motifs is 4. The number of amides is 8. The molecule has 0 aliphatic carbocycles. The van der Waals surface area contributed by atoms with Crippen molar-refractivity contribution in [3.63, 3.8) is 0 Å². The van der Waals surface area contributed by atoms with Crippen molar-refractivity contribution in [2.75, 3.05) is 49.2 Å². The first-order valence-electron chi connectivity index (χ1n) is 30.2. The quantitative estimate of drug-likeness (QED) is 0.0377. The Balaban J connectivity index is 0.000000268. The van der Waals surface area contributed by atoms with Crippen molar-refractivity contribution in [1.29, 1.82) is 0 Å². The lowest BCUT2D eigenvalue weighted by Gasteiger charge is -2.44. The summed E-state index contributed by atoms with van der Waals surface area (Å²) >= 11 is 5.53. The van der Waals surface area contributed by atoms with E-state index in [4.69, 9.17) is 0 Å². The number of carboxylic acids is 4. The zero-order valence-corrected chi connectivity index (χ0v) is 55.9. The van der Waals surface area contributed by atoms with Crippen LogP contribution in [0.4, 0.5) is 0 Å². The van der Waals surface area contributed by atoms with Crippen LogP contribution >= 0.6 is 47.0 Å². The Hall–Kier alpha value is -6.16. The number of hydrogen-bond donors (Lipinski definition) is 12. The van der Waals surface area contributed by atoms with Crippen LogP contribution in [-0.2, 0) is 57.5 Å². The molecule has 0 aromatic rings. The molecule has 0 saturated carbocycles. The van der Waals surface area contributed by atoms with E-state index in [1.165, 1.54) is 87.4 Å². The van der Waals surface area contributed by atoms with Crippen LogP contribution in [0.3, 0.4) is 0 Å². The molecule has 92 heavy (non-hydrogen) atoms. The second-order valence-corrected chi connectivity index (χ2v) is 28.3. The van der Waals surface area contributed by atoms with Crippen LogP contribution in [0.25, 0.3) is 0 Å². The Labute approximate surface area is 552 Å². The molecule has 12 atom stereocenters. The summed E-state index contributed by atoms with van der Waals surface area (Å²) in [4.78, 5) is 147. The highest BCUT2D eigenvalue weighted by molar-refractivity contribution is 8.03. The van der Waals surface area contributed by atoms with E-state index in [2.05, 4.69) is 21.3 Å². The van der Waals surface area contributed by atoms with Gasteiger partial charge in [0.1, 0.15) is 28.9 Å². The van der Waals surface area contributed by atoms with Crippen molar-refractivity contribution in [3.8, 4) is 0 Å². The van der Waals surface area contributed by atoms with Crippen LogP contribution < -0.4 is 21.3 Å². The third kappa shape index (κ3) is 17.8. The normalized spacial score (nSPS) is 24.4. The Bertz CT molecular complexity index is 2990. The van der Waals surface area contributed by atoms with E-state index >= 15 is 0 Å². The first-order valence-corrected chi connectivity index (χ1v) is 34.1. The molecule has 32 heteroatoms. The summed E-state index contributed by atoms with van der Waals surface area (Å²) in [6, 6.07) is -0.737. The maximum absolute atomic E-state index is 12.2. The lowest BCUT2D eigenvalue weighted by atomic mass is 9.83. The minimum atomic E-state index is -1.18. The number of carbonyl (C=O) groups is 12. The van der Waals surface area contributed by atoms with Crippen LogP contribution in [0.1, 0.15) is 128 Å². The maximum atomic E-state index is 12.2. The number of rotatable bonds is 29. The molecule has 0 bridgehead atoms. The Morgan fingerprint density at radius 1 is 0.489 bits per heavy atom. The molecule has 0 spiro atoms. The van der Waals surface area contributed by atoms with Crippen molar-refractivity contribution in [2.45, 2.75) is 177 Å². The fourth-order valence-electron chi connectivity index (χ4n) is 11.8. The lowest BCUT2D eigenvalue weighted by Crippen LogP contribution is -2.61. The monoisotopic (exact) mass is 1370 g/mol. The van der Waals surface area contributed by atoms with Gasteiger partial charge in [0, 0.05) is 109 Å². The third-order valence-corrected chi connectivity index (χ3v) is 21.5. The second-order valence-electron chi connectivity index (χ2n) is 23.5. The van der Waals surface area contributed by atoms with E-state index in [1.54, 1.807) is 27.7 Å². The summed E-state index contributed by atoms with van der Waals surface area (Å²) in [7, 11) is 0. The predicted molar refractivity (Wildman–Crippen MR) is 344 cm³/mol. The van der Waals surface area contributed by atoms with Crippen molar-refractivity contribution >= 4 is 118 Å². The molecule has 0 aromatic heterocycles. The zero-order valence-electron chi connectivity index (χ0n) is 52.6. The summed E-state index contributed by atoms with van der Waals surface area (Å²) < 4.78 is 0. The number of carbonyl (C=O) groups excluding carboxylic acids is 8. The molecule has 8 rings (SSSR count). The minimum Gasteiger partial charge on any atom is -0.477 e. The SMILES string of the molecule is C.CC(=O)NCCSC1=C(C(=O)O)N2C(=O)[C@H]([C@@H](C)O)[C@H]2C1.CCC(C)(C)[C@@H](O)C(=O)NCCC(=O)NCCSC1=C(C(=O)O)N2C(=O)[C@H]([C@@H](C)O)[C@H]2C1.CCCSC1=C(C(=O)O)N2C(=O)[C@H]([C@@H](C)O)[C@H]2C1.CC[C@H]1C(=O)N2C(C(=O)O)=C(SCCNC(C)=O)C[C@H]12. The molecule has 8 heterocycles. The molecule has 0 radical (unpaired) electrons. The number of hydrogen-bond acceptors (Lipinski definition) is 20. The van der Waals surface area contributed by atoms with Crippen molar-refractivity contribution in [3.05, 3.63) is 42.4 Å². The Morgan fingerprint density at radius 2 is 0.804 bits per heavy atom. The van der Waals surface area contributed by atoms with Gasteiger partial charge in [0.05, 0.1) is 66.2 Å². The molecule has 4 saturated heterocycles. The van der Waals surface area contributed by atoms with E-state index in [0.717, 1.165) is 28.4 Å². The van der Waals surface area contributed by atoms with Crippen molar-refractivity contribution in [1.82, 2.24) is 40.9 Å². The number of β-lactam (4-membered cyclic amide) rings is 4. The van der Waals surface area contributed by atoms with Crippen molar-refractivity contribution in [2.24, 2.45) is 29.1 Å². The predicted octanol–water partition coefficient (Wildman–Crippen LogP) is 2.28. The standard InChI is InChI=1S/C21H33N3O7S.C13H18N2O5S.C13H18N2O4S.C12H17NO4S.CH4/c1-5-21(3,4)17(27)18(28)23-7-6-14(26)22-8-9-32-13-10-12-15(11(2)25)19(29)24(12)16(13)20(30)31;1-6(16)10-8-5-9(21-4-3-14-7(2)17)11(13(19)20)15(8)12(10)18;1-3-8-9-6-10(20-5-4-14-7(2)16)11(13(18)19)15(9)12(8)17;1-3-4-18-8-5-7-9(6(2)14)11(15)13(7)10(8)12(16)17;/h11-12,15,17,25,27H,5-10H2,1-4H3,(H,22,26)(H,23,28)(H,30,31);6,8,10,16H,3-5H2,1-2H3,(H,14,17)(H,19,20);8-9H,3-6H2,1-2H3,(H,14,16)(H,18,19);6-7,9,14H,3-5H2,1-2H3,(H,16,17);1H4/t11-,12-,15-,17+;6-,8-,10-;8-,9-;6-,7-,9-;/m1111./s1. The fourth-order valence-corrected chi connectivity index (χ4v) is 16.1. The Kier molecular flexibility index (Phi) is 29.2. The Morgan fingerprint density at radius 3 is 1.10 bits per heavy atom. The fraction of sp³-hybridized carbons (Fsp3) is 0.667. The van der Waals surface area contributed by atoms with Gasteiger partial charge in [-0.25, -0.2) is 19.2 Å². The van der Waals surface area contributed by atoms with Gasteiger partial charge in [0.15, 0.2) is 0 Å². The van der Waals surface area contributed by atoms with Gasteiger partial charge in [-0.3, -0.25) is 38.4 Å². The van der Waals surface area contributed by atoms with Gasteiger partial charge in [-0.05, 0) is 51.2 Å². The zero-order chi connectivity index (χ0) is 68.3. The van der Waals surface area contributed by atoms with Crippen LogP contribution in [-0.4, -0.2) is 229 Å².